The molecule has 7 nitrogen and oxygen atoms in total. The molecule has 9 heteroatoms. The summed E-state index contributed by atoms with van der Waals surface area (Å²) in [6.07, 6.45) is 0.990. The van der Waals surface area contributed by atoms with Gasteiger partial charge in [0.05, 0.1) is 10.5 Å². The van der Waals surface area contributed by atoms with Crippen LogP contribution in [0.25, 0.3) is 11.4 Å². The van der Waals surface area contributed by atoms with E-state index in [9.17, 15) is 23.7 Å². The van der Waals surface area contributed by atoms with Crippen LogP contribution >= 0.6 is 0 Å². The van der Waals surface area contributed by atoms with E-state index < -0.39 is 45.3 Å². The molecule has 0 bridgehead atoms. The lowest BCUT2D eigenvalue weighted by Gasteiger charge is -2.04. The normalized spacial score (nSPS) is 10.3. The maximum absolute atomic E-state index is 13.9. The third kappa shape index (κ3) is 2.28. The van der Waals surface area contributed by atoms with Gasteiger partial charge in [-0.15, -0.1) is 0 Å². The molecule has 20 heavy (non-hydrogen) atoms. The van der Waals surface area contributed by atoms with Crippen molar-refractivity contribution in [1.29, 1.82) is 0 Å². The number of nitrogens with zero attached hydrogens (tertiary/aromatic N) is 3. The number of carbonyl (C=O) groups is 1. The van der Waals surface area contributed by atoms with E-state index in [2.05, 4.69) is 9.97 Å². The highest BCUT2D eigenvalue weighted by atomic mass is 19.1. The second kappa shape index (κ2) is 4.96. The summed E-state index contributed by atoms with van der Waals surface area (Å²) in [5, 5.41) is 19.4. The van der Waals surface area contributed by atoms with Crippen molar-refractivity contribution in [3.63, 3.8) is 0 Å². The predicted molar refractivity (Wildman–Crippen MR) is 61.0 cm³/mol. The highest BCUT2D eigenvalue weighted by Gasteiger charge is 2.24. The van der Waals surface area contributed by atoms with Gasteiger partial charge in [0.25, 0.3) is 0 Å². The highest BCUT2D eigenvalue weighted by Crippen LogP contribution is 2.29. The van der Waals surface area contributed by atoms with Crippen LogP contribution in [0.2, 0.25) is 0 Å². The second-order valence-electron chi connectivity index (χ2n) is 3.58. The summed E-state index contributed by atoms with van der Waals surface area (Å²) in [4.78, 5) is 27.3. The van der Waals surface area contributed by atoms with E-state index in [-0.39, 0.29) is 0 Å². The van der Waals surface area contributed by atoms with Gasteiger partial charge in [-0.25, -0.2) is 19.2 Å². The molecule has 0 unspecified atom stereocenters. The molecule has 0 amide bonds. The van der Waals surface area contributed by atoms with E-state index in [1.54, 1.807) is 0 Å². The van der Waals surface area contributed by atoms with Crippen LogP contribution in [0.5, 0.6) is 0 Å². The number of nitro groups is 1. The second-order valence-corrected chi connectivity index (χ2v) is 3.58. The zero-order valence-electron chi connectivity index (χ0n) is 9.58. The van der Waals surface area contributed by atoms with Crippen molar-refractivity contribution < 1.29 is 23.6 Å². The Balaban J connectivity index is 2.69. The number of aromatic nitrogens is 2. The predicted octanol–water partition coefficient (Wildman–Crippen LogP) is 2.03. The molecule has 0 fully saturated rings. The van der Waals surface area contributed by atoms with Crippen LogP contribution in [0.1, 0.15) is 10.5 Å². The molecule has 1 aromatic carbocycles. The van der Waals surface area contributed by atoms with Gasteiger partial charge in [-0.05, 0) is 12.1 Å². The smallest absolute Gasteiger partial charge is 0.354 e. The number of halogens is 2. The minimum atomic E-state index is -1.46. The van der Waals surface area contributed by atoms with Gasteiger partial charge in [-0.2, -0.15) is 4.39 Å². The molecule has 0 saturated heterocycles. The number of hydrogen-bond donors (Lipinski definition) is 1. The molecule has 1 N–H and O–H groups in total. The van der Waals surface area contributed by atoms with E-state index in [1.807, 2.05) is 0 Å². The number of benzene rings is 1. The summed E-state index contributed by atoms with van der Waals surface area (Å²) < 4.78 is 27.5. The maximum Gasteiger partial charge on any atom is 0.354 e. The minimum absolute atomic E-state index is 0.486. The van der Waals surface area contributed by atoms with Gasteiger partial charge in [0.15, 0.2) is 11.5 Å². The average molecular weight is 281 g/mol. The summed E-state index contributed by atoms with van der Waals surface area (Å²) in [6, 6.07) is 2.38. The van der Waals surface area contributed by atoms with E-state index >= 15 is 0 Å². The van der Waals surface area contributed by atoms with Crippen LogP contribution in [-0.4, -0.2) is 26.0 Å². The van der Waals surface area contributed by atoms with Crippen molar-refractivity contribution in [3.8, 4) is 11.4 Å². The largest absolute Gasteiger partial charge is 0.477 e. The molecule has 1 aromatic heterocycles. The molecule has 0 aliphatic heterocycles. The first-order valence-electron chi connectivity index (χ1n) is 5.11. The molecule has 102 valence electrons. The van der Waals surface area contributed by atoms with Crippen molar-refractivity contribution in [1.82, 2.24) is 9.97 Å². The number of carboxylic acid groups (broad SMARTS) is 1. The van der Waals surface area contributed by atoms with Crippen molar-refractivity contribution in [2.75, 3.05) is 0 Å². The fraction of sp³-hybridized carbons (Fsp3) is 0. The molecule has 0 saturated carbocycles. The summed E-state index contributed by atoms with van der Waals surface area (Å²) in [5.41, 5.74) is -2.28. The number of rotatable bonds is 3. The van der Waals surface area contributed by atoms with Crippen molar-refractivity contribution in [2.24, 2.45) is 0 Å². The topological polar surface area (TPSA) is 106 Å². The summed E-state index contributed by atoms with van der Waals surface area (Å²) in [6.45, 7) is 0. The lowest BCUT2D eigenvalue weighted by molar-refractivity contribution is -0.387. The molecule has 1 heterocycles. The molecular weight excluding hydrogens is 276 g/mol. The minimum Gasteiger partial charge on any atom is -0.477 e. The zero-order valence-corrected chi connectivity index (χ0v) is 9.58. The molecular formula is C11H5F2N3O4. The van der Waals surface area contributed by atoms with Gasteiger partial charge in [-0.3, -0.25) is 10.1 Å². The number of carboxylic acids is 1. The van der Waals surface area contributed by atoms with E-state index in [1.165, 1.54) is 0 Å². The first-order chi connectivity index (χ1) is 9.41. The molecule has 0 aliphatic carbocycles. The Labute approximate surface area is 109 Å². The van der Waals surface area contributed by atoms with Gasteiger partial charge in [0, 0.05) is 12.3 Å². The standard InChI is InChI=1S/C11H5F2N3O4/c12-5-1-2-7(16(19)20)9(13)8(5)10-14-4-3-6(15-10)11(17)18/h1-4H,(H,17,18). The van der Waals surface area contributed by atoms with Crippen molar-refractivity contribution >= 4 is 11.7 Å². The average Bonchev–Trinajstić information content (AvgIpc) is 2.38. The Hall–Kier alpha value is -2.97. The van der Waals surface area contributed by atoms with Crippen molar-refractivity contribution in [3.05, 3.63) is 51.8 Å². The van der Waals surface area contributed by atoms with Crippen LogP contribution in [0.15, 0.2) is 24.4 Å². The quantitative estimate of drug-likeness (QED) is 0.681. The molecule has 0 radical (unpaired) electrons. The van der Waals surface area contributed by atoms with Crippen LogP contribution in [-0.2, 0) is 0 Å². The number of nitro benzene ring substituents is 1. The Bertz CT molecular complexity index is 721. The lowest BCUT2D eigenvalue weighted by atomic mass is 10.1. The van der Waals surface area contributed by atoms with Gasteiger partial charge in [0.1, 0.15) is 5.82 Å². The highest BCUT2D eigenvalue weighted by molar-refractivity contribution is 5.85. The molecule has 2 aromatic rings. The molecule has 0 atom stereocenters. The Morgan fingerprint density at radius 2 is 2.00 bits per heavy atom. The molecule has 2 rings (SSSR count). The first-order valence-corrected chi connectivity index (χ1v) is 5.11. The summed E-state index contributed by atoms with van der Waals surface area (Å²) in [7, 11) is 0. The monoisotopic (exact) mass is 281 g/mol. The fourth-order valence-corrected chi connectivity index (χ4v) is 1.49. The molecule has 0 aliphatic rings. The van der Waals surface area contributed by atoms with E-state index in [0.717, 1.165) is 12.3 Å². The van der Waals surface area contributed by atoms with Crippen molar-refractivity contribution in [2.45, 2.75) is 0 Å². The van der Waals surface area contributed by atoms with Crippen LogP contribution in [0.4, 0.5) is 14.5 Å². The lowest BCUT2D eigenvalue weighted by Crippen LogP contribution is -2.05. The SMILES string of the molecule is O=C(O)c1ccnc(-c2c(F)ccc([N+](=O)[O-])c2F)n1. The van der Waals surface area contributed by atoms with Crippen LogP contribution in [0, 0.1) is 21.7 Å². The summed E-state index contributed by atoms with van der Waals surface area (Å²) in [5.74, 6) is -4.59. The third-order valence-corrected chi connectivity index (χ3v) is 2.37. The number of aromatic carboxylic acids is 1. The Morgan fingerprint density at radius 3 is 2.60 bits per heavy atom. The maximum atomic E-state index is 13.9. The first kappa shape index (κ1) is 13.5. The third-order valence-electron chi connectivity index (χ3n) is 2.37. The Kier molecular flexibility index (Phi) is 3.34. The van der Waals surface area contributed by atoms with Gasteiger partial charge in [0.2, 0.25) is 5.82 Å². The van der Waals surface area contributed by atoms with Gasteiger partial charge in [-0.1, -0.05) is 0 Å². The van der Waals surface area contributed by atoms with Crippen LogP contribution in [0.3, 0.4) is 0 Å². The number of hydrogen-bond acceptors (Lipinski definition) is 5. The van der Waals surface area contributed by atoms with E-state index in [0.29, 0.717) is 12.1 Å². The van der Waals surface area contributed by atoms with E-state index in [4.69, 9.17) is 5.11 Å². The van der Waals surface area contributed by atoms with Gasteiger partial charge >= 0.3 is 11.7 Å². The van der Waals surface area contributed by atoms with Gasteiger partial charge < -0.3 is 5.11 Å². The summed E-state index contributed by atoms with van der Waals surface area (Å²) >= 11 is 0. The molecule has 0 spiro atoms. The Morgan fingerprint density at radius 1 is 1.30 bits per heavy atom. The van der Waals surface area contributed by atoms with Crippen LogP contribution < -0.4 is 0 Å². The fourth-order valence-electron chi connectivity index (χ4n) is 1.49. The zero-order chi connectivity index (χ0) is 14.9.